The van der Waals surface area contributed by atoms with Crippen molar-refractivity contribution in [2.24, 2.45) is 0 Å². The topological polar surface area (TPSA) is 52.7 Å². The SMILES string of the molecule is CCN(CC(=O)N(C)CC(=O)Nc1ccc(C)cc1)Cc1cccs1. The van der Waals surface area contributed by atoms with Gasteiger partial charge in [0, 0.05) is 24.2 Å². The van der Waals surface area contributed by atoms with Gasteiger partial charge in [-0.25, -0.2) is 0 Å². The highest BCUT2D eigenvalue weighted by Gasteiger charge is 2.16. The maximum absolute atomic E-state index is 12.4. The van der Waals surface area contributed by atoms with Crippen LogP contribution in [0.1, 0.15) is 17.4 Å². The third-order valence-corrected chi connectivity index (χ3v) is 4.77. The third kappa shape index (κ3) is 6.32. The molecular formula is C19H25N3O2S. The number of benzene rings is 1. The molecule has 0 spiro atoms. The Morgan fingerprint density at radius 2 is 1.84 bits per heavy atom. The second kappa shape index (κ2) is 9.34. The van der Waals surface area contributed by atoms with E-state index in [9.17, 15) is 9.59 Å². The van der Waals surface area contributed by atoms with Crippen LogP contribution in [0.3, 0.4) is 0 Å². The lowest BCUT2D eigenvalue weighted by Crippen LogP contribution is -2.41. The van der Waals surface area contributed by atoms with E-state index in [1.165, 1.54) is 9.78 Å². The lowest BCUT2D eigenvalue weighted by Gasteiger charge is -2.23. The zero-order valence-corrected chi connectivity index (χ0v) is 15.8. The van der Waals surface area contributed by atoms with Gasteiger partial charge >= 0.3 is 0 Å². The molecule has 1 aromatic carbocycles. The van der Waals surface area contributed by atoms with E-state index >= 15 is 0 Å². The van der Waals surface area contributed by atoms with Crippen molar-refractivity contribution < 1.29 is 9.59 Å². The quantitative estimate of drug-likeness (QED) is 0.788. The van der Waals surface area contributed by atoms with E-state index in [-0.39, 0.29) is 18.4 Å². The number of aryl methyl sites for hydroxylation is 1. The molecule has 0 unspecified atom stereocenters. The number of nitrogens with one attached hydrogen (secondary N) is 1. The van der Waals surface area contributed by atoms with Crippen molar-refractivity contribution in [1.29, 1.82) is 0 Å². The molecule has 0 aliphatic heterocycles. The molecule has 0 atom stereocenters. The lowest BCUT2D eigenvalue weighted by molar-refractivity contribution is -0.134. The minimum absolute atomic E-state index is 0.0449. The summed E-state index contributed by atoms with van der Waals surface area (Å²) in [5.74, 6) is -0.251. The molecule has 0 aliphatic rings. The average Bonchev–Trinajstić information content (AvgIpc) is 3.09. The molecule has 0 aliphatic carbocycles. The summed E-state index contributed by atoms with van der Waals surface area (Å²) in [5.41, 5.74) is 1.88. The first-order valence-electron chi connectivity index (χ1n) is 8.33. The van der Waals surface area contributed by atoms with Crippen molar-refractivity contribution in [2.75, 3.05) is 32.0 Å². The molecule has 1 heterocycles. The molecule has 2 rings (SSSR count). The fraction of sp³-hybridized carbons (Fsp3) is 0.368. The van der Waals surface area contributed by atoms with Crippen molar-refractivity contribution in [1.82, 2.24) is 9.80 Å². The van der Waals surface area contributed by atoms with Crippen molar-refractivity contribution in [2.45, 2.75) is 20.4 Å². The smallest absolute Gasteiger partial charge is 0.243 e. The summed E-state index contributed by atoms with van der Waals surface area (Å²) in [6.45, 7) is 5.92. The molecule has 0 saturated carbocycles. The van der Waals surface area contributed by atoms with Gasteiger partial charge in [-0.05, 0) is 37.0 Å². The fourth-order valence-corrected chi connectivity index (χ4v) is 3.10. The maximum atomic E-state index is 12.4. The maximum Gasteiger partial charge on any atom is 0.243 e. The van der Waals surface area contributed by atoms with Gasteiger partial charge in [-0.1, -0.05) is 30.7 Å². The number of carbonyl (C=O) groups is 2. The second-order valence-corrected chi connectivity index (χ2v) is 7.08. The van der Waals surface area contributed by atoms with E-state index < -0.39 is 0 Å². The van der Waals surface area contributed by atoms with Crippen LogP contribution in [0.15, 0.2) is 41.8 Å². The highest BCUT2D eigenvalue weighted by Crippen LogP contribution is 2.12. The standard InChI is InChI=1S/C19H25N3O2S/c1-4-22(12-17-6-5-11-25-17)14-19(24)21(3)13-18(23)20-16-9-7-15(2)8-10-16/h5-11H,4,12-14H2,1-3H3,(H,20,23). The van der Waals surface area contributed by atoms with Crippen molar-refractivity contribution in [3.8, 4) is 0 Å². The monoisotopic (exact) mass is 359 g/mol. The summed E-state index contributed by atoms with van der Waals surface area (Å²) in [4.78, 5) is 29.3. The van der Waals surface area contributed by atoms with Crippen LogP contribution in [-0.2, 0) is 16.1 Å². The first-order valence-corrected chi connectivity index (χ1v) is 9.21. The minimum Gasteiger partial charge on any atom is -0.335 e. The van der Waals surface area contributed by atoms with Crippen LogP contribution in [0.25, 0.3) is 0 Å². The number of hydrogen-bond acceptors (Lipinski definition) is 4. The van der Waals surface area contributed by atoms with E-state index in [0.29, 0.717) is 6.54 Å². The van der Waals surface area contributed by atoms with Gasteiger partial charge in [-0.3, -0.25) is 14.5 Å². The first-order chi connectivity index (χ1) is 12.0. The molecule has 0 bridgehead atoms. The van der Waals surface area contributed by atoms with Crippen LogP contribution >= 0.6 is 11.3 Å². The fourth-order valence-electron chi connectivity index (χ4n) is 2.36. The number of rotatable bonds is 8. The summed E-state index contributed by atoms with van der Waals surface area (Å²) in [5, 5.41) is 4.85. The molecule has 134 valence electrons. The van der Waals surface area contributed by atoms with Crippen LogP contribution in [0.5, 0.6) is 0 Å². The van der Waals surface area contributed by atoms with E-state index in [4.69, 9.17) is 0 Å². The predicted molar refractivity (Wildman–Crippen MR) is 103 cm³/mol. The van der Waals surface area contributed by atoms with Crippen LogP contribution in [0.2, 0.25) is 0 Å². The number of amides is 2. The molecule has 6 heteroatoms. The number of likely N-dealkylation sites (N-methyl/N-ethyl adjacent to an activating group) is 2. The summed E-state index contributed by atoms with van der Waals surface area (Å²) in [7, 11) is 1.66. The third-order valence-electron chi connectivity index (χ3n) is 3.91. The molecule has 0 radical (unpaired) electrons. The van der Waals surface area contributed by atoms with Gasteiger partial charge in [-0.2, -0.15) is 0 Å². The molecule has 0 saturated heterocycles. The Morgan fingerprint density at radius 1 is 1.12 bits per heavy atom. The van der Waals surface area contributed by atoms with Gasteiger partial charge < -0.3 is 10.2 Å². The van der Waals surface area contributed by atoms with E-state index in [0.717, 1.165) is 24.3 Å². The van der Waals surface area contributed by atoms with Crippen LogP contribution in [0.4, 0.5) is 5.69 Å². The number of thiophene rings is 1. The first kappa shape index (κ1) is 19.1. The number of nitrogens with zero attached hydrogens (tertiary/aromatic N) is 2. The molecule has 0 fully saturated rings. The average molecular weight is 359 g/mol. The highest BCUT2D eigenvalue weighted by molar-refractivity contribution is 7.09. The van der Waals surface area contributed by atoms with Gasteiger partial charge in [0.2, 0.25) is 11.8 Å². The molecule has 1 N–H and O–H groups in total. The van der Waals surface area contributed by atoms with Gasteiger partial charge in [-0.15, -0.1) is 11.3 Å². The lowest BCUT2D eigenvalue weighted by atomic mass is 10.2. The van der Waals surface area contributed by atoms with Crippen LogP contribution in [-0.4, -0.2) is 48.3 Å². The van der Waals surface area contributed by atoms with Gasteiger partial charge in [0.25, 0.3) is 0 Å². The molecule has 1 aromatic heterocycles. The van der Waals surface area contributed by atoms with Gasteiger partial charge in [0.1, 0.15) is 0 Å². The summed E-state index contributed by atoms with van der Waals surface area (Å²) in [6.07, 6.45) is 0. The predicted octanol–water partition coefficient (Wildman–Crippen LogP) is 2.98. The number of hydrogen-bond donors (Lipinski definition) is 1. The largest absolute Gasteiger partial charge is 0.335 e. The van der Waals surface area contributed by atoms with E-state index in [1.807, 2.05) is 49.6 Å². The zero-order valence-electron chi connectivity index (χ0n) is 15.0. The summed E-state index contributed by atoms with van der Waals surface area (Å²) in [6, 6.07) is 11.7. The van der Waals surface area contributed by atoms with E-state index in [1.54, 1.807) is 18.4 Å². The Hall–Kier alpha value is -2.18. The molecular weight excluding hydrogens is 334 g/mol. The Balaban J connectivity index is 1.81. The van der Waals surface area contributed by atoms with E-state index in [2.05, 4.69) is 16.3 Å². The Kier molecular flexibility index (Phi) is 7.16. The van der Waals surface area contributed by atoms with Gasteiger partial charge in [0.15, 0.2) is 0 Å². The normalized spacial score (nSPS) is 10.7. The number of anilines is 1. The number of carbonyl (C=O) groups excluding carboxylic acids is 2. The molecule has 2 amide bonds. The van der Waals surface area contributed by atoms with Crippen molar-refractivity contribution in [3.63, 3.8) is 0 Å². The minimum atomic E-state index is -0.194. The molecule has 2 aromatic rings. The molecule has 5 nitrogen and oxygen atoms in total. The summed E-state index contributed by atoms with van der Waals surface area (Å²) >= 11 is 1.68. The van der Waals surface area contributed by atoms with Crippen LogP contribution < -0.4 is 5.32 Å². The Morgan fingerprint density at radius 3 is 2.44 bits per heavy atom. The molecule has 25 heavy (non-hydrogen) atoms. The Bertz CT molecular complexity index is 683. The van der Waals surface area contributed by atoms with Crippen molar-refractivity contribution >= 4 is 28.8 Å². The highest BCUT2D eigenvalue weighted by atomic mass is 32.1. The van der Waals surface area contributed by atoms with Crippen LogP contribution in [0, 0.1) is 6.92 Å². The Labute approximate surface area is 153 Å². The second-order valence-electron chi connectivity index (χ2n) is 6.05. The zero-order chi connectivity index (χ0) is 18.2. The van der Waals surface area contributed by atoms with Crippen molar-refractivity contribution in [3.05, 3.63) is 52.2 Å². The van der Waals surface area contributed by atoms with Gasteiger partial charge in [0.05, 0.1) is 13.1 Å². The summed E-state index contributed by atoms with van der Waals surface area (Å²) < 4.78 is 0.